The van der Waals surface area contributed by atoms with Crippen molar-refractivity contribution in [3.8, 4) is 5.75 Å². The van der Waals surface area contributed by atoms with E-state index in [1.54, 1.807) is 6.07 Å². The molecule has 0 atom stereocenters. The summed E-state index contributed by atoms with van der Waals surface area (Å²) in [5, 5.41) is 11.8. The van der Waals surface area contributed by atoms with Gasteiger partial charge in [-0.05, 0) is 12.5 Å². The lowest BCUT2D eigenvalue weighted by Gasteiger charge is -2.14. The molecule has 1 aliphatic rings. The molecule has 1 heterocycles. The molecule has 0 spiro atoms. The Kier molecular flexibility index (Phi) is 3.73. The maximum Gasteiger partial charge on any atom is 0.283 e. The fraction of sp³-hybridized carbons (Fsp3) is 0.364. The number of nitro groups is 1. The van der Waals surface area contributed by atoms with Crippen molar-refractivity contribution in [2.75, 3.05) is 19.8 Å². The predicted molar refractivity (Wildman–Crippen MR) is 60.9 cm³/mol. The third kappa shape index (κ3) is 2.95. The predicted octanol–water partition coefficient (Wildman–Crippen LogP) is 1.14. The number of hydrogen-bond donors (Lipinski definition) is 0. The van der Waals surface area contributed by atoms with Crippen molar-refractivity contribution >= 4 is 11.6 Å². The number of rotatable bonds is 4. The van der Waals surface area contributed by atoms with E-state index < -0.39 is 4.92 Å². The third-order valence-electron chi connectivity index (χ3n) is 2.42. The van der Waals surface area contributed by atoms with Gasteiger partial charge >= 0.3 is 0 Å². The molecule has 0 radical (unpaired) electrons. The summed E-state index contributed by atoms with van der Waals surface area (Å²) in [5.41, 5.74) is -0.0719. The lowest BCUT2D eigenvalue weighted by Crippen LogP contribution is -2.31. The Morgan fingerprint density at radius 2 is 2.39 bits per heavy atom. The van der Waals surface area contributed by atoms with Crippen molar-refractivity contribution in [3.63, 3.8) is 0 Å². The van der Waals surface area contributed by atoms with Crippen molar-refractivity contribution in [2.24, 2.45) is 0 Å². The van der Waals surface area contributed by atoms with E-state index in [9.17, 15) is 14.9 Å². The van der Waals surface area contributed by atoms with E-state index in [0.717, 1.165) is 6.42 Å². The maximum absolute atomic E-state index is 11.6. The van der Waals surface area contributed by atoms with E-state index >= 15 is 0 Å². The Hall–Kier alpha value is -2.15. The number of hydroxylamine groups is 2. The summed E-state index contributed by atoms with van der Waals surface area (Å²) in [6, 6.07) is 5.70. The molecule has 18 heavy (non-hydrogen) atoms. The van der Waals surface area contributed by atoms with Gasteiger partial charge in [0, 0.05) is 6.07 Å². The molecule has 1 saturated heterocycles. The fourth-order valence-electron chi connectivity index (χ4n) is 1.55. The molecule has 0 aliphatic carbocycles. The van der Waals surface area contributed by atoms with Crippen LogP contribution in [0.25, 0.3) is 0 Å². The van der Waals surface area contributed by atoms with Gasteiger partial charge in [0.05, 0.1) is 24.1 Å². The van der Waals surface area contributed by atoms with Crippen LogP contribution in [-0.2, 0) is 9.63 Å². The minimum Gasteiger partial charge on any atom is -0.483 e. The molecule has 2 rings (SSSR count). The number of benzene rings is 1. The zero-order valence-corrected chi connectivity index (χ0v) is 9.57. The van der Waals surface area contributed by atoms with E-state index in [0.29, 0.717) is 13.2 Å². The van der Waals surface area contributed by atoms with Crippen LogP contribution in [0.5, 0.6) is 5.75 Å². The van der Waals surface area contributed by atoms with Crippen molar-refractivity contribution in [1.82, 2.24) is 5.06 Å². The normalized spacial score (nSPS) is 14.6. The van der Waals surface area contributed by atoms with Gasteiger partial charge in [-0.2, -0.15) is 0 Å². The number of ether oxygens (including phenoxy) is 1. The molecular formula is C11H12N2O5. The van der Waals surface area contributed by atoms with Crippen molar-refractivity contribution in [3.05, 3.63) is 34.4 Å². The summed E-state index contributed by atoms with van der Waals surface area (Å²) in [7, 11) is 0. The highest BCUT2D eigenvalue weighted by Crippen LogP contribution is 2.19. The Morgan fingerprint density at radius 1 is 1.56 bits per heavy atom. The van der Waals surface area contributed by atoms with Crippen molar-refractivity contribution in [1.29, 1.82) is 0 Å². The average molecular weight is 252 g/mol. The SMILES string of the molecule is O=C(COc1cccc([N+](=O)[O-])c1)N1CCCO1. The molecule has 1 aromatic carbocycles. The number of nitrogens with zero attached hydrogens (tertiary/aromatic N) is 2. The zero-order valence-electron chi connectivity index (χ0n) is 9.57. The standard InChI is InChI=1S/C11H12N2O5/c14-11(12-5-2-6-18-12)8-17-10-4-1-3-9(7-10)13(15)16/h1,3-4,7H,2,5-6,8H2. The first-order valence-corrected chi connectivity index (χ1v) is 5.47. The van der Waals surface area contributed by atoms with Gasteiger partial charge in [-0.25, -0.2) is 5.06 Å². The van der Waals surface area contributed by atoms with Crippen LogP contribution in [0, 0.1) is 10.1 Å². The summed E-state index contributed by atoms with van der Waals surface area (Å²) < 4.78 is 5.20. The lowest BCUT2D eigenvalue weighted by atomic mass is 10.3. The van der Waals surface area contributed by atoms with Gasteiger partial charge in [0.15, 0.2) is 6.61 Å². The summed E-state index contributed by atoms with van der Waals surface area (Å²) in [6.45, 7) is 0.890. The molecule has 7 nitrogen and oxygen atoms in total. The van der Waals surface area contributed by atoms with E-state index in [1.807, 2.05) is 0 Å². The molecule has 0 saturated carbocycles. The molecule has 0 bridgehead atoms. The Bertz CT molecular complexity index is 457. The zero-order chi connectivity index (χ0) is 13.0. The van der Waals surface area contributed by atoms with Gasteiger partial charge < -0.3 is 4.74 Å². The van der Waals surface area contributed by atoms with Crippen LogP contribution in [0.3, 0.4) is 0 Å². The highest BCUT2D eigenvalue weighted by molar-refractivity contribution is 5.76. The molecule has 0 N–H and O–H groups in total. The van der Waals surface area contributed by atoms with Gasteiger partial charge in [0.1, 0.15) is 5.75 Å². The number of carbonyl (C=O) groups excluding carboxylic acids is 1. The van der Waals surface area contributed by atoms with Gasteiger partial charge in [-0.3, -0.25) is 19.7 Å². The molecule has 7 heteroatoms. The van der Waals surface area contributed by atoms with E-state index in [4.69, 9.17) is 9.57 Å². The van der Waals surface area contributed by atoms with Gasteiger partial charge in [0.25, 0.3) is 11.6 Å². The number of non-ortho nitro benzene ring substituents is 1. The van der Waals surface area contributed by atoms with Gasteiger partial charge in [0.2, 0.25) is 0 Å². The van der Waals surface area contributed by atoms with E-state index in [-0.39, 0.29) is 24.0 Å². The number of amides is 1. The van der Waals surface area contributed by atoms with E-state index in [2.05, 4.69) is 0 Å². The Morgan fingerprint density at radius 3 is 3.06 bits per heavy atom. The summed E-state index contributed by atoms with van der Waals surface area (Å²) in [5.74, 6) is -0.00393. The van der Waals surface area contributed by atoms with Crippen LogP contribution in [0.15, 0.2) is 24.3 Å². The Labute approximate surface area is 103 Å². The van der Waals surface area contributed by atoms with Crippen LogP contribution < -0.4 is 4.74 Å². The second-order valence-corrected chi connectivity index (χ2v) is 3.73. The number of carbonyl (C=O) groups is 1. The number of nitro benzene ring substituents is 1. The van der Waals surface area contributed by atoms with Crippen LogP contribution in [0.2, 0.25) is 0 Å². The third-order valence-corrected chi connectivity index (χ3v) is 2.42. The molecule has 1 fully saturated rings. The van der Waals surface area contributed by atoms with Crippen LogP contribution in [0.4, 0.5) is 5.69 Å². The van der Waals surface area contributed by atoms with Gasteiger partial charge in [-0.1, -0.05) is 6.07 Å². The first kappa shape index (κ1) is 12.3. The first-order chi connectivity index (χ1) is 8.66. The van der Waals surface area contributed by atoms with Crippen LogP contribution >= 0.6 is 0 Å². The minimum atomic E-state index is -0.516. The highest BCUT2D eigenvalue weighted by atomic mass is 16.7. The Balaban J connectivity index is 1.91. The lowest BCUT2D eigenvalue weighted by molar-refractivity contribution is -0.384. The second-order valence-electron chi connectivity index (χ2n) is 3.73. The number of hydrogen-bond acceptors (Lipinski definition) is 5. The van der Waals surface area contributed by atoms with Crippen molar-refractivity contribution < 1.29 is 19.3 Å². The smallest absolute Gasteiger partial charge is 0.283 e. The molecule has 1 aliphatic heterocycles. The molecular weight excluding hydrogens is 240 g/mol. The molecule has 1 amide bonds. The average Bonchev–Trinajstić information content (AvgIpc) is 2.90. The summed E-state index contributed by atoms with van der Waals surface area (Å²) in [4.78, 5) is 26.7. The topological polar surface area (TPSA) is 81.9 Å². The van der Waals surface area contributed by atoms with Crippen LogP contribution in [0.1, 0.15) is 6.42 Å². The quantitative estimate of drug-likeness (QED) is 0.592. The van der Waals surface area contributed by atoms with Crippen LogP contribution in [-0.4, -0.2) is 35.7 Å². The minimum absolute atomic E-state index is 0.0719. The second kappa shape index (κ2) is 5.46. The molecule has 96 valence electrons. The molecule has 0 aromatic heterocycles. The summed E-state index contributed by atoms with van der Waals surface area (Å²) >= 11 is 0. The van der Waals surface area contributed by atoms with Crippen molar-refractivity contribution in [2.45, 2.75) is 6.42 Å². The fourth-order valence-corrected chi connectivity index (χ4v) is 1.55. The summed E-state index contributed by atoms with van der Waals surface area (Å²) in [6.07, 6.45) is 0.808. The first-order valence-electron chi connectivity index (χ1n) is 5.47. The van der Waals surface area contributed by atoms with E-state index in [1.165, 1.54) is 23.3 Å². The molecule has 1 aromatic rings. The van der Waals surface area contributed by atoms with Gasteiger partial charge in [-0.15, -0.1) is 0 Å². The largest absolute Gasteiger partial charge is 0.483 e. The molecule has 0 unspecified atom stereocenters. The highest BCUT2D eigenvalue weighted by Gasteiger charge is 2.19. The monoisotopic (exact) mass is 252 g/mol. The maximum atomic E-state index is 11.6.